The van der Waals surface area contributed by atoms with Crippen molar-refractivity contribution in [1.29, 1.82) is 0 Å². The van der Waals surface area contributed by atoms with Crippen molar-refractivity contribution in [2.24, 2.45) is 5.73 Å². The van der Waals surface area contributed by atoms with Gasteiger partial charge in [-0.1, -0.05) is 66.2 Å². The predicted molar refractivity (Wildman–Crippen MR) is 81.9 cm³/mol. The fourth-order valence-corrected chi connectivity index (χ4v) is 2.52. The maximum atomic E-state index is 6.44. The SMILES string of the molecule is CC(C)=C(N)C(C)(c1ccccc1)c1ccccc1. The van der Waals surface area contributed by atoms with Crippen molar-refractivity contribution in [3.8, 4) is 0 Å². The van der Waals surface area contributed by atoms with Crippen molar-refractivity contribution < 1.29 is 0 Å². The van der Waals surface area contributed by atoms with E-state index in [4.69, 9.17) is 5.73 Å². The van der Waals surface area contributed by atoms with Gasteiger partial charge < -0.3 is 5.73 Å². The standard InChI is InChI=1S/C18H21N/c1-14(2)17(19)18(3,15-10-6-4-7-11-15)16-12-8-5-9-13-16/h4-13H,19H2,1-3H3. The Bertz CT molecular complexity index is 524. The molecule has 2 N–H and O–H groups in total. The maximum Gasteiger partial charge on any atom is 0.0567 e. The summed E-state index contributed by atoms with van der Waals surface area (Å²) in [6, 6.07) is 20.9. The smallest absolute Gasteiger partial charge is 0.0567 e. The van der Waals surface area contributed by atoms with Crippen LogP contribution in [0.3, 0.4) is 0 Å². The molecule has 0 heterocycles. The van der Waals surface area contributed by atoms with Crippen molar-refractivity contribution in [2.45, 2.75) is 26.2 Å². The van der Waals surface area contributed by atoms with Crippen molar-refractivity contribution in [1.82, 2.24) is 0 Å². The second-order valence-electron chi connectivity index (χ2n) is 5.27. The molecule has 0 bridgehead atoms. The summed E-state index contributed by atoms with van der Waals surface area (Å²) in [5.74, 6) is 0. The zero-order valence-corrected chi connectivity index (χ0v) is 11.9. The summed E-state index contributed by atoms with van der Waals surface area (Å²) in [4.78, 5) is 0. The van der Waals surface area contributed by atoms with Crippen LogP contribution in [0.5, 0.6) is 0 Å². The van der Waals surface area contributed by atoms with E-state index < -0.39 is 0 Å². The molecule has 0 radical (unpaired) electrons. The summed E-state index contributed by atoms with van der Waals surface area (Å²) in [6.45, 7) is 6.33. The van der Waals surface area contributed by atoms with E-state index in [2.05, 4.69) is 69.3 Å². The van der Waals surface area contributed by atoms with Gasteiger partial charge in [-0.2, -0.15) is 0 Å². The second kappa shape index (κ2) is 5.31. The van der Waals surface area contributed by atoms with E-state index in [-0.39, 0.29) is 5.41 Å². The van der Waals surface area contributed by atoms with Crippen LogP contribution >= 0.6 is 0 Å². The van der Waals surface area contributed by atoms with Gasteiger partial charge in [0.2, 0.25) is 0 Å². The highest BCUT2D eigenvalue weighted by Crippen LogP contribution is 2.37. The third-order valence-electron chi connectivity index (χ3n) is 3.78. The highest BCUT2D eigenvalue weighted by atomic mass is 14.6. The number of rotatable bonds is 3. The van der Waals surface area contributed by atoms with Gasteiger partial charge in [0.1, 0.15) is 0 Å². The lowest BCUT2D eigenvalue weighted by Crippen LogP contribution is -2.31. The maximum absolute atomic E-state index is 6.44. The lowest BCUT2D eigenvalue weighted by atomic mass is 9.72. The van der Waals surface area contributed by atoms with Crippen LogP contribution in [0.25, 0.3) is 0 Å². The first kappa shape index (κ1) is 13.4. The van der Waals surface area contributed by atoms with Crippen LogP contribution in [0, 0.1) is 0 Å². The second-order valence-corrected chi connectivity index (χ2v) is 5.27. The van der Waals surface area contributed by atoms with E-state index in [0.717, 1.165) is 11.3 Å². The number of hydrogen-bond acceptors (Lipinski definition) is 1. The molecule has 0 saturated heterocycles. The normalized spacial score (nSPS) is 11.1. The van der Waals surface area contributed by atoms with Gasteiger partial charge in [0, 0.05) is 5.70 Å². The van der Waals surface area contributed by atoms with E-state index in [1.165, 1.54) is 11.1 Å². The summed E-state index contributed by atoms with van der Waals surface area (Å²) in [5.41, 5.74) is 10.7. The third kappa shape index (κ3) is 2.41. The Balaban J connectivity index is 2.68. The summed E-state index contributed by atoms with van der Waals surface area (Å²) in [7, 11) is 0. The molecule has 19 heavy (non-hydrogen) atoms. The van der Waals surface area contributed by atoms with Crippen LogP contribution in [-0.4, -0.2) is 0 Å². The number of nitrogens with two attached hydrogens (primary N) is 1. The van der Waals surface area contributed by atoms with Crippen molar-refractivity contribution in [3.63, 3.8) is 0 Å². The molecule has 1 heteroatoms. The van der Waals surface area contributed by atoms with Crippen LogP contribution in [-0.2, 0) is 5.41 Å². The number of benzene rings is 2. The average molecular weight is 251 g/mol. The summed E-state index contributed by atoms with van der Waals surface area (Å²) < 4.78 is 0. The molecule has 0 aliphatic carbocycles. The molecule has 0 aromatic heterocycles. The molecule has 0 aliphatic heterocycles. The highest BCUT2D eigenvalue weighted by Gasteiger charge is 2.32. The van der Waals surface area contributed by atoms with Crippen LogP contribution in [0.4, 0.5) is 0 Å². The Morgan fingerprint density at radius 2 is 1.16 bits per heavy atom. The molecule has 98 valence electrons. The first-order valence-electron chi connectivity index (χ1n) is 6.61. The minimum absolute atomic E-state index is 0.276. The fraction of sp³-hybridized carbons (Fsp3) is 0.222. The minimum atomic E-state index is -0.276. The first-order chi connectivity index (χ1) is 9.06. The van der Waals surface area contributed by atoms with Gasteiger partial charge in [-0.05, 0) is 31.9 Å². The van der Waals surface area contributed by atoms with E-state index in [1.807, 2.05) is 12.1 Å². The molecule has 0 amide bonds. The zero-order chi connectivity index (χ0) is 13.9. The van der Waals surface area contributed by atoms with Crippen LogP contribution in [0.2, 0.25) is 0 Å². The molecule has 0 aliphatic rings. The molecule has 0 saturated carbocycles. The molecule has 2 aromatic carbocycles. The van der Waals surface area contributed by atoms with Crippen LogP contribution in [0.1, 0.15) is 31.9 Å². The molecule has 0 fully saturated rings. The fourth-order valence-electron chi connectivity index (χ4n) is 2.52. The Kier molecular flexibility index (Phi) is 3.75. The molecule has 0 unspecified atom stereocenters. The molecule has 0 spiro atoms. The van der Waals surface area contributed by atoms with Crippen molar-refractivity contribution in [2.75, 3.05) is 0 Å². The van der Waals surface area contributed by atoms with Gasteiger partial charge >= 0.3 is 0 Å². The number of allylic oxidation sites excluding steroid dienone is 2. The molecule has 1 nitrogen and oxygen atoms in total. The Morgan fingerprint density at radius 3 is 1.47 bits per heavy atom. The van der Waals surface area contributed by atoms with Gasteiger partial charge in [0.15, 0.2) is 0 Å². The topological polar surface area (TPSA) is 26.0 Å². The van der Waals surface area contributed by atoms with Gasteiger partial charge in [-0.15, -0.1) is 0 Å². The quantitative estimate of drug-likeness (QED) is 0.867. The van der Waals surface area contributed by atoms with E-state index in [0.29, 0.717) is 0 Å². The van der Waals surface area contributed by atoms with Gasteiger partial charge in [-0.25, -0.2) is 0 Å². The molecule has 0 atom stereocenters. The molecular formula is C18H21N. The molecule has 2 rings (SSSR count). The van der Waals surface area contributed by atoms with E-state index >= 15 is 0 Å². The Morgan fingerprint density at radius 1 is 0.789 bits per heavy atom. The lowest BCUT2D eigenvalue weighted by Gasteiger charge is -2.32. The Hall–Kier alpha value is -2.02. The lowest BCUT2D eigenvalue weighted by molar-refractivity contribution is 0.655. The van der Waals surface area contributed by atoms with E-state index in [1.54, 1.807) is 0 Å². The average Bonchev–Trinajstić information content (AvgIpc) is 2.47. The van der Waals surface area contributed by atoms with E-state index in [9.17, 15) is 0 Å². The van der Waals surface area contributed by atoms with Gasteiger partial charge in [0.05, 0.1) is 5.41 Å². The van der Waals surface area contributed by atoms with Gasteiger partial charge in [0.25, 0.3) is 0 Å². The minimum Gasteiger partial charge on any atom is -0.401 e. The monoisotopic (exact) mass is 251 g/mol. The molecular weight excluding hydrogens is 230 g/mol. The number of hydrogen-bond donors (Lipinski definition) is 1. The van der Waals surface area contributed by atoms with Gasteiger partial charge in [-0.3, -0.25) is 0 Å². The predicted octanol–water partition coefficient (Wildman–Crippen LogP) is 4.25. The summed E-state index contributed by atoms with van der Waals surface area (Å²) in [5, 5.41) is 0. The largest absolute Gasteiger partial charge is 0.401 e. The summed E-state index contributed by atoms with van der Waals surface area (Å²) in [6.07, 6.45) is 0. The third-order valence-corrected chi connectivity index (χ3v) is 3.78. The highest BCUT2D eigenvalue weighted by molar-refractivity contribution is 5.47. The molecule has 2 aromatic rings. The van der Waals surface area contributed by atoms with Crippen LogP contribution < -0.4 is 5.73 Å². The zero-order valence-electron chi connectivity index (χ0n) is 11.9. The van der Waals surface area contributed by atoms with Crippen molar-refractivity contribution in [3.05, 3.63) is 83.1 Å². The van der Waals surface area contributed by atoms with Crippen molar-refractivity contribution >= 4 is 0 Å². The summed E-state index contributed by atoms with van der Waals surface area (Å²) >= 11 is 0. The first-order valence-corrected chi connectivity index (χ1v) is 6.61. The Labute approximate surface area is 115 Å². The van der Waals surface area contributed by atoms with Crippen LogP contribution in [0.15, 0.2) is 71.9 Å².